The lowest BCUT2D eigenvalue weighted by Crippen LogP contribution is -2.38. The molecule has 3 nitrogen and oxygen atoms in total. The van der Waals surface area contributed by atoms with Gasteiger partial charge in [-0.3, -0.25) is 4.79 Å². The van der Waals surface area contributed by atoms with Gasteiger partial charge in [0.05, 0.1) is 6.17 Å². The maximum Gasteiger partial charge on any atom is 0.208 e. The van der Waals surface area contributed by atoms with Crippen LogP contribution in [0.15, 0.2) is 30.3 Å². The predicted molar refractivity (Wildman–Crippen MR) is 47.3 cm³/mol. The number of benzene rings is 1. The van der Waals surface area contributed by atoms with E-state index in [9.17, 15) is 4.79 Å². The Labute approximate surface area is 71.6 Å². The van der Waals surface area contributed by atoms with Gasteiger partial charge >= 0.3 is 0 Å². The van der Waals surface area contributed by atoms with Gasteiger partial charge in [0.25, 0.3) is 0 Å². The maximum atomic E-state index is 10.0. The van der Waals surface area contributed by atoms with E-state index in [2.05, 4.69) is 5.32 Å². The van der Waals surface area contributed by atoms with E-state index < -0.39 is 0 Å². The van der Waals surface area contributed by atoms with Crippen molar-refractivity contribution in [3.8, 4) is 0 Å². The molecule has 0 heterocycles. The van der Waals surface area contributed by atoms with Crippen molar-refractivity contribution in [2.75, 3.05) is 0 Å². The molecule has 0 spiro atoms. The monoisotopic (exact) mass is 164 g/mol. The number of amides is 1. The van der Waals surface area contributed by atoms with Crippen LogP contribution < -0.4 is 11.1 Å². The lowest BCUT2D eigenvalue weighted by molar-refractivity contribution is -0.110. The first-order valence-corrected chi connectivity index (χ1v) is 3.82. The third kappa shape index (κ3) is 2.72. The minimum absolute atomic E-state index is 0.287. The van der Waals surface area contributed by atoms with Crippen molar-refractivity contribution in [2.24, 2.45) is 5.73 Å². The molecule has 0 fully saturated rings. The Morgan fingerprint density at radius 3 is 2.67 bits per heavy atom. The van der Waals surface area contributed by atoms with Crippen LogP contribution in [0.4, 0.5) is 0 Å². The molecule has 0 saturated heterocycles. The molecular weight excluding hydrogens is 152 g/mol. The summed E-state index contributed by atoms with van der Waals surface area (Å²) in [5.74, 6) is 0. The van der Waals surface area contributed by atoms with Crippen LogP contribution in [0, 0.1) is 0 Å². The molecule has 0 aliphatic heterocycles. The van der Waals surface area contributed by atoms with Crippen LogP contribution in [0.25, 0.3) is 0 Å². The Kier molecular flexibility index (Phi) is 3.29. The van der Waals surface area contributed by atoms with Gasteiger partial charge in [0.1, 0.15) is 0 Å². The molecule has 1 aromatic carbocycles. The van der Waals surface area contributed by atoms with E-state index in [1.165, 1.54) is 0 Å². The summed E-state index contributed by atoms with van der Waals surface area (Å²) in [5, 5.41) is 2.49. The largest absolute Gasteiger partial charge is 0.343 e. The summed E-state index contributed by atoms with van der Waals surface area (Å²) in [5.41, 5.74) is 6.70. The summed E-state index contributed by atoms with van der Waals surface area (Å²) in [4.78, 5) is 10.0. The van der Waals surface area contributed by atoms with E-state index in [0.717, 1.165) is 5.56 Å². The lowest BCUT2D eigenvalue weighted by Gasteiger charge is -2.09. The summed E-state index contributed by atoms with van der Waals surface area (Å²) in [6, 6.07) is 9.80. The third-order valence-electron chi connectivity index (χ3n) is 1.58. The van der Waals surface area contributed by atoms with Crippen LogP contribution in [-0.4, -0.2) is 12.6 Å². The van der Waals surface area contributed by atoms with E-state index in [1.807, 2.05) is 30.3 Å². The van der Waals surface area contributed by atoms with Crippen LogP contribution in [0.5, 0.6) is 0 Å². The fraction of sp³-hybridized carbons (Fsp3) is 0.222. The number of rotatable bonds is 4. The average molecular weight is 164 g/mol. The summed E-state index contributed by atoms with van der Waals surface area (Å²) in [6.07, 6.45) is 0.998. The minimum Gasteiger partial charge on any atom is -0.343 e. The van der Waals surface area contributed by atoms with Gasteiger partial charge in [-0.25, -0.2) is 0 Å². The summed E-state index contributed by atoms with van der Waals surface area (Å²) in [6.45, 7) is 0. The topological polar surface area (TPSA) is 55.1 Å². The normalized spacial score (nSPS) is 12.1. The van der Waals surface area contributed by atoms with Crippen molar-refractivity contribution in [1.29, 1.82) is 0 Å². The first-order valence-electron chi connectivity index (χ1n) is 3.82. The molecule has 0 unspecified atom stereocenters. The zero-order chi connectivity index (χ0) is 8.81. The standard InChI is InChI=1S/C9H12N2O/c10-9(11-7-12)6-8-4-2-1-3-5-8/h1-5,7,9H,6,10H2,(H,11,12)/t9-/m1/s1. The predicted octanol–water partition coefficient (Wildman–Crippen LogP) is 0.260. The van der Waals surface area contributed by atoms with Gasteiger partial charge in [-0.15, -0.1) is 0 Å². The van der Waals surface area contributed by atoms with Crippen molar-refractivity contribution < 1.29 is 4.79 Å². The molecule has 12 heavy (non-hydrogen) atoms. The van der Waals surface area contributed by atoms with Crippen molar-refractivity contribution in [3.05, 3.63) is 35.9 Å². The van der Waals surface area contributed by atoms with Crippen LogP contribution >= 0.6 is 0 Å². The van der Waals surface area contributed by atoms with Crippen LogP contribution in [0.2, 0.25) is 0 Å². The summed E-state index contributed by atoms with van der Waals surface area (Å²) >= 11 is 0. The number of hydrogen-bond acceptors (Lipinski definition) is 2. The van der Waals surface area contributed by atoms with Gasteiger partial charge in [-0.1, -0.05) is 30.3 Å². The fourth-order valence-electron chi connectivity index (χ4n) is 1.01. The minimum atomic E-state index is -0.287. The quantitative estimate of drug-likeness (QED) is 0.495. The maximum absolute atomic E-state index is 10.0. The summed E-state index contributed by atoms with van der Waals surface area (Å²) in [7, 11) is 0. The van der Waals surface area contributed by atoms with Gasteiger partial charge in [0.15, 0.2) is 0 Å². The molecule has 1 amide bonds. The van der Waals surface area contributed by atoms with E-state index in [-0.39, 0.29) is 6.17 Å². The lowest BCUT2D eigenvalue weighted by atomic mass is 10.1. The third-order valence-corrected chi connectivity index (χ3v) is 1.58. The van der Waals surface area contributed by atoms with E-state index >= 15 is 0 Å². The molecule has 0 radical (unpaired) electrons. The molecular formula is C9H12N2O. The first-order chi connectivity index (χ1) is 5.83. The Morgan fingerprint density at radius 1 is 1.42 bits per heavy atom. The van der Waals surface area contributed by atoms with Crippen molar-refractivity contribution >= 4 is 6.41 Å². The second kappa shape index (κ2) is 4.51. The number of hydrogen-bond donors (Lipinski definition) is 2. The average Bonchev–Trinajstić information content (AvgIpc) is 2.06. The van der Waals surface area contributed by atoms with Crippen LogP contribution in [0.3, 0.4) is 0 Å². The molecule has 3 N–H and O–H groups in total. The Morgan fingerprint density at radius 2 is 2.08 bits per heavy atom. The number of carbonyl (C=O) groups is 1. The second-order valence-electron chi connectivity index (χ2n) is 2.58. The van der Waals surface area contributed by atoms with Crippen molar-refractivity contribution in [3.63, 3.8) is 0 Å². The second-order valence-corrected chi connectivity index (χ2v) is 2.58. The van der Waals surface area contributed by atoms with E-state index in [4.69, 9.17) is 5.73 Å². The molecule has 64 valence electrons. The highest BCUT2D eigenvalue weighted by atomic mass is 16.1. The Balaban J connectivity index is 2.46. The van der Waals surface area contributed by atoms with Gasteiger partial charge in [-0.2, -0.15) is 0 Å². The van der Waals surface area contributed by atoms with Crippen molar-refractivity contribution in [2.45, 2.75) is 12.6 Å². The van der Waals surface area contributed by atoms with Gasteiger partial charge in [0, 0.05) is 6.42 Å². The highest BCUT2D eigenvalue weighted by molar-refractivity contribution is 5.46. The molecule has 0 aliphatic rings. The molecule has 0 bridgehead atoms. The smallest absolute Gasteiger partial charge is 0.208 e. The van der Waals surface area contributed by atoms with Crippen LogP contribution in [-0.2, 0) is 11.2 Å². The van der Waals surface area contributed by atoms with Crippen molar-refractivity contribution in [1.82, 2.24) is 5.32 Å². The highest BCUT2D eigenvalue weighted by Gasteiger charge is 1.99. The molecule has 0 aromatic heterocycles. The number of nitrogens with two attached hydrogens (primary N) is 1. The molecule has 0 aliphatic carbocycles. The van der Waals surface area contributed by atoms with E-state index in [1.54, 1.807) is 0 Å². The zero-order valence-electron chi connectivity index (χ0n) is 6.73. The molecule has 1 aromatic rings. The van der Waals surface area contributed by atoms with Gasteiger partial charge < -0.3 is 11.1 Å². The number of carbonyl (C=O) groups excluding carboxylic acids is 1. The molecule has 1 rings (SSSR count). The zero-order valence-corrected chi connectivity index (χ0v) is 6.73. The number of nitrogens with one attached hydrogen (secondary N) is 1. The summed E-state index contributed by atoms with van der Waals surface area (Å²) < 4.78 is 0. The molecule has 0 saturated carbocycles. The first kappa shape index (κ1) is 8.74. The van der Waals surface area contributed by atoms with Crippen LogP contribution in [0.1, 0.15) is 5.56 Å². The Hall–Kier alpha value is -1.35. The SMILES string of the molecule is N[C@@H](Cc1ccccc1)NC=O. The Bertz CT molecular complexity index is 236. The fourth-order valence-corrected chi connectivity index (χ4v) is 1.01. The molecule has 3 heteroatoms. The molecule has 1 atom stereocenters. The van der Waals surface area contributed by atoms with E-state index in [0.29, 0.717) is 12.8 Å². The van der Waals surface area contributed by atoms with Gasteiger partial charge in [-0.05, 0) is 5.56 Å². The highest BCUT2D eigenvalue weighted by Crippen LogP contribution is 1.99. The van der Waals surface area contributed by atoms with Gasteiger partial charge in [0.2, 0.25) is 6.41 Å².